The number of carbonyl (C=O) groups is 1. The summed E-state index contributed by atoms with van der Waals surface area (Å²) in [6.45, 7) is 11.6. The van der Waals surface area contributed by atoms with E-state index in [1.54, 1.807) is 11.6 Å². The molecular weight excluding hydrogens is 542 g/mol. The molecule has 6 rings (SSSR count). The summed E-state index contributed by atoms with van der Waals surface area (Å²) in [5.41, 5.74) is 4.24. The third-order valence-electron chi connectivity index (χ3n) is 9.75. The lowest BCUT2D eigenvalue weighted by Crippen LogP contribution is -2.65. The van der Waals surface area contributed by atoms with E-state index in [-0.39, 0.29) is 23.1 Å². The maximum atomic E-state index is 13.5. The van der Waals surface area contributed by atoms with Crippen molar-refractivity contribution in [3.63, 3.8) is 0 Å². The van der Waals surface area contributed by atoms with Crippen molar-refractivity contribution >= 4 is 11.4 Å². The van der Waals surface area contributed by atoms with Gasteiger partial charge in [0.15, 0.2) is 0 Å². The zero-order valence-corrected chi connectivity index (χ0v) is 25.4. The SMILES string of the molecule is COc1cc(-c2cnn(C3CCN(C(=O)/C(C#N)=C/C(C)(C)N4CC5(CCNCC5)C4)CC3)c2C)cn2ncc(C#N)c12. The molecule has 3 aromatic heterocycles. The highest BCUT2D eigenvalue weighted by atomic mass is 16.5. The van der Waals surface area contributed by atoms with E-state index >= 15 is 0 Å². The van der Waals surface area contributed by atoms with Gasteiger partial charge in [-0.3, -0.25) is 14.4 Å². The average molecular weight is 582 g/mol. The second-order valence-corrected chi connectivity index (χ2v) is 12.8. The van der Waals surface area contributed by atoms with Crippen molar-refractivity contribution in [1.82, 2.24) is 34.5 Å². The quantitative estimate of drug-likeness (QED) is 0.346. The molecule has 224 valence electrons. The molecule has 3 aliphatic heterocycles. The van der Waals surface area contributed by atoms with Crippen LogP contribution in [0.1, 0.15) is 56.8 Å². The van der Waals surface area contributed by atoms with Crippen LogP contribution in [0, 0.1) is 35.0 Å². The van der Waals surface area contributed by atoms with Crippen LogP contribution in [-0.4, -0.2) is 87.0 Å². The lowest BCUT2D eigenvalue weighted by atomic mass is 9.70. The highest BCUT2D eigenvalue weighted by Gasteiger charge is 2.48. The molecule has 0 aromatic carbocycles. The molecule has 0 atom stereocenters. The van der Waals surface area contributed by atoms with Crippen LogP contribution >= 0.6 is 0 Å². The second-order valence-electron chi connectivity index (χ2n) is 12.8. The van der Waals surface area contributed by atoms with Crippen molar-refractivity contribution < 1.29 is 9.53 Å². The Labute approximate surface area is 252 Å². The summed E-state index contributed by atoms with van der Waals surface area (Å²) in [5, 5.41) is 31.9. The molecule has 0 saturated carbocycles. The van der Waals surface area contributed by atoms with Crippen molar-refractivity contribution in [2.75, 3.05) is 46.4 Å². The number of piperidine rings is 2. The van der Waals surface area contributed by atoms with Crippen LogP contribution in [0.5, 0.6) is 5.75 Å². The van der Waals surface area contributed by atoms with Crippen molar-refractivity contribution in [1.29, 1.82) is 10.5 Å². The molecule has 0 unspecified atom stereocenters. The molecule has 1 spiro atoms. The molecule has 3 fully saturated rings. The number of rotatable bonds is 6. The number of pyridine rings is 1. The Hall–Kier alpha value is -4.19. The van der Waals surface area contributed by atoms with Gasteiger partial charge in [0, 0.05) is 54.7 Å². The molecule has 11 nitrogen and oxygen atoms in total. The summed E-state index contributed by atoms with van der Waals surface area (Å²) < 4.78 is 9.30. The van der Waals surface area contributed by atoms with Crippen LogP contribution in [0.4, 0.5) is 0 Å². The van der Waals surface area contributed by atoms with Crippen LogP contribution in [0.2, 0.25) is 0 Å². The Morgan fingerprint density at radius 2 is 1.88 bits per heavy atom. The van der Waals surface area contributed by atoms with Crippen molar-refractivity contribution in [3.05, 3.63) is 47.6 Å². The van der Waals surface area contributed by atoms with E-state index in [4.69, 9.17) is 9.84 Å². The summed E-state index contributed by atoms with van der Waals surface area (Å²) in [5.74, 6) is 0.398. The molecular formula is C32H39N9O2. The van der Waals surface area contributed by atoms with Gasteiger partial charge in [-0.25, -0.2) is 4.52 Å². The Morgan fingerprint density at radius 3 is 2.53 bits per heavy atom. The number of nitriles is 2. The number of hydrogen-bond donors (Lipinski definition) is 1. The van der Waals surface area contributed by atoms with Gasteiger partial charge in [0.1, 0.15) is 34.5 Å². The largest absolute Gasteiger partial charge is 0.494 e. The van der Waals surface area contributed by atoms with E-state index in [2.05, 4.69) is 41.3 Å². The normalized spacial score (nSPS) is 19.7. The van der Waals surface area contributed by atoms with Crippen molar-refractivity contribution in [2.45, 2.75) is 58.0 Å². The van der Waals surface area contributed by atoms with Gasteiger partial charge in [-0.15, -0.1) is 0 Å². The van der Waals surface area contributed by atoms with E-state index in [0.717, 1.165) is 55.8 Å². The topological polar surface area (TPSA) is 128 Å². The van der Waals surface area contributed by atoms with Gasteiger partial charge in [-0.2, -0.15) is 20.7 Å². The molecule has 1 amide bonds. The summed E-state index contributed by atoms with van der Waals surface area (Å²) >= 11 is 0. The van der Waals surface area contributed by atoms with Crippen LogP contribution in [0.25, 0.3) is 16.6 Å². The molecule has 43 heavy (non-hydrogen) atoms. The lowest BCUT2D eigenvalue weighted by Gasteiger charge is -2.57. The Morgan fingerprint density at radius 1 is 1.16 bits per heavy atom. The van der Waals surface area contributed by atoms with E-state index in [9.17, 15) is 15.3 Å². The minimum absolute atomic E-state index is 0.145. The number of carbonyl (C=O) groups excluding carboxylic acids is 1. The minimum atomic E-state index is -0.351. The molecule has 6 heterocycles. The summed E-state index contributed by atoms with van der Waals surface area (Å²) in [6.07, 6.45) is 11.0. The molecule has 0 radical (unpaired) electrons. The number of amides is 1. The first-order valence-electron chi connectivity index (χ1n) is 15.1. The number of aromatic nitrogens is 4. The predicted molar refractivity (Wildman–Crippen MR) is 161 cm³/mol. The number of nitrogens with zero attached hydrogens (tertiary/aromatic N) is 8. The van der Waals surface area contributed by atoms with Crippen molar-refractivity contribution in [2.24, 2.45) is 5.41 Å². The zero-order chi connectivity index (χ0) is 30.4. The van der Waals surface area contributed by atoms with Gasteiger partial charge < -0.3 is 15.0 Å². The van der Waals surface area contributed by atoms with E-state index in [1.807, 2.05) is 41.0 Å². The third-order valence-corrected chi connectivity index (χ3v) is 9.75. The van der Waals surface area contributed by atoms with Gasteiger partial charge in [0.2, 0.25) is 0 Å². The van der Waals surface area contributed by atoms with Crippen LogP contribution in [-0.2, 0) is 4.79 Å². The zero-order valence-electron chi connectivity index (χ0n) is 25.4. The Balaban J connectivity index is 1.12. The number of nitrogens with one attached hydrogen (secondary N) is 1. The molecule has 3 saturated heterocycles. The number of hydrogen-bond acceptors (Lipinski definition) is 8. The van der Waals surface area contributed by atoms with Gasteiger partial charge >= 0.3 is 0 Å². The molecule has 1 N–H and O–H groups in total. The molecule has 0 aliphatic carbocycles. The van der Waals surface area contributed by atoms with Crippen LogP contribution in [0.15, 0.2) is 36.3 Å². The number of fused-ring (bicyclic) bond motifs is 1. The lowest BCUT2D eigenvalue weighted by molar-refractivity contribution is -0.128. The highest BCUT2D eigenvalue weighted by Crippen LogP contribution is 2.43. The minimum Gasteiger partial charge on any atom is -0.494 e. The first kappa shape index (κ1) is 28.9. The van der Waals surface area contributed by atoms with E-state index in [0.29, 0.717) is 35.3 Å². The fraction of sp³-hybridized carbons (Fsp3) is 0.531. The van der Waals surface area contributed by atoms with Gasteiger partial charge in [-0.1, -0.05) is 0 Å². The maximum absolute atomic E-state index is 13.5. The number of ether oxygens (including phenoxy) is 1. The average Bonchev–Trinajstić information content (AvgIpc) is 3.61. The van der Waals surface area contributed by atoms with Crippen LogP contribution < -0.4 is 10.1 Å². The smallest absolute Gasteiger partial charge is 0.264 e. The Kier molecular flexibility index (Phi) is 7.49. The summed E-state index contributed by atoms with van der Waals surface area (Å²) in [7, 11) is 1.59. The summed E-state index contributed by atoms with van der Waals surface area (Å²) in [4.78, 5) is 17.7. The molecule has 11 heteroatoms. The van der Waals surface area contributed by atoms with Gasteiger partial charge in [0.25, 0.3) is 5.91 Å². The Bertz CT molecular complexity index is 1650. The first-order valence-corrected chi connectivity index (χ1v) is 15.1. The monoisotopic (exact) mass is 581 g/mol. The fourth-order valence-corrected chi connectivity index (χ4v) is 7.06. The molecule has 0 bridgehead atoms. The standard InChI is InChI=1S/C32H39N9O2/c1-22-27(23-13-28(43-4)29-25(16-34)17-36-40(29)19-23)18-37-41(22)26-5-11-38(12-6-26)30(42)24(15-33)14-31(2,3)39-20-32(21-39)7-9-35-10-8-32/h13-14,17-19,26,35H,5-12,20-21H2,1-4H3/b24-14+. The second kappa shape index (κ2) is 11.1. The van der Waals surface area contributed by atoms with Crippen molar-refractivity contribution in [3.8, 4) is 29.0 Å². The third kappa shape index (κ3) is 5.17. The first-order chi connectivity index (χ1) is 20.7. The number of methoxy groups -OCH3 is 1. The van der Waals surface area contributed by atoms with Gasteiger partial charge in [-0.05, 0) is 77.1 Å². The molecule has 3 aliphatic rings. The number of likely N-dealkylation sites (tertiary alicyclic amines) is 2. The van der Waals surface area contributed by atoms with Crippen LogP contribution in [0.3, 0.4) is 0 Å². The fourth-order valence-electron chi connectivity index (χ4n) is 7.06. The van der Waals surface area contributed by atoms with E-state index < -0.39 is 0 Å². The predicted octanol–water partition coefficient (Wildman–Crippen LogP) is 3.46. The highest BCUT2D eigenvalue weighted by molar-refractivity contribution is 5.97. The molecule has 3 aromatic rings. The summed E-state index contributed by atoms with van der Waals surface area (Å²) in [6, 6.07) is 6.43. The van der Waals surface area contributed by atoms with Gasteiger partial charge in [0.05, 0.1) is 25.5 Å². The van der Waals surface area contributed by atoms with E-state index in [1.165, 1.54) is 19.0 Å². The maximum Gasteiger partial charge on any atom is 0.264 e.